The number of benzene rings is 2. The summed E-state index contributed by atoms with van der Waals surface area (Å²) in [6.45, 7) is 5.95. The van der Waals surface area contributed by atoms with Crippen molar-refractivity contribution >= 4 is 34.6 Å². The third kappa shape index (κ3) is 4.70. The lowest BCUT2D eigenvalue weighted by Gasteiger charge is -2.38. The van der Waals surface area contributed by atoms with Crippen LogP contribution >= 0.6 is 23.8 Å². The Balaban J connectivity index is 1.79. The molecule has 2 aromatic carbocycles. The summed E-state index contributed by atoms with van der Waals surface area (Å²) in [4.78, 5) is 0. The number of nitrogens with one attached hydrogen (secondary N) is 2. The zero-order chi connectivity index (χ0) is 20.7. The number of aryl methyl sites for hydroxylation is 1. The summed E-state index contributed by atoms with van der Waals surface area (Å²) in [5.41, 5.74) is 0.940. The highest BCUT2D eigenvalue weighted by Crippen LogP contribution is 2.40. The first-order valence-corrected chi connectivity index (χ1v) is 9.47. The van der Waals surface area contributed by atoms with E-state index in [1.54, 1.807) is 0 Å². The molecule has 1 atom stereocenters. The average Bonchev–Trinajstić information content (AvgIpc) is 2.54. The molecule has 0 amide bonds. The van der Waals surface area contributed by atoms with Crippen LogP contribution in [0.15, 0.2) is 36.4 Å². The second kappa shape index (κ2) is 7.44. The summed E-state index contributed by atoms with van der Waals surface area (Å²) < 4.78 is 45.2. The Bertz CT molecular complexity index is 915. The van der Waals surface area contributed by atoms with Gasteiger partial charge in [-0.1, -0.05) is 23.7 Å². The van der Waals surface area contributed by atoms with Crippen LogP contribution in [0.5, 0.6) is 5.75 Å². The first-order valence-electron chi connectivity index (χ1n) is 8.68. The van der Waals surface area contributed by atoms with Crippen LogP contribution in [0, 0.1) is 6.92 Å². The molecule has 0 saturated carbocycles. The lowest BCUT2D eigenvalue weighted by molar-refractivity contribution is -0.137. The van der Waals surface area contributed by atoms with Crippen molar-refractivity contribution in [3.63, 3.8) is 0 Å². The van der Waals surface area contributed by atoms with Gasteiger partial charge in [-0.3, -0.25) is 0 Å². The number of thiocarbonyl (C=S) groups is 1. The molecule has 3 nitrogen and oxygen atoms in total. The van der Waals surface area contributed by atoms with Crippen molar-refractivity contribution < 1.29 is 17.9 Å². The molecule has 0 aromatic heterocycles. The highest BCUT2D eigenvalue weighted by Gasteiger charge is 2.35. The van der Waals surface area contributed by atoms with E-state index in [1.165, 1.54) is 12.1 Å². The first kappa shape index (κ1) is 20.7. The summed E-state index contributed by atoms with van der Waals surface area (Å²) in [7, 11) is 0. The fourth-order valence-corrected chi connectivity index (χ4v) is 3.72. The molecule has 1 heterocycles. The van der Waals surface area contributed by atoms with E-state index in [0.717, 1.165) is 22.9 Å². The largest absolute Gasteiger partial charge is 0.487 e. The van der Waals surface area contributed by atoms with Gasteiger partial charge in [0, 0.05) is 17.7 Å². The van der Waals surface area contributed by atoms with E-state index in [9.17, 15) is 13.2 Å². The highest BCUT2D eigenvalue weighted by atomic mass is 35.5. The maximum Gasteiger partial charge on any atom is 0.417 e. The maximum absolute atomic E-state index is 13.0. The number of alkyl halides is 3. The lowest BCUT2D eigenvalue weighted by atomic mass is 9.89. The van der Waals surface area contributed by atoms with Crippen molar-refractivity contribution in [2.75, 3.05) is 5.32 Å². The van der Waals surface area contributed by atoms with Crippen molar-refractivity contribution in [1.82, 2.24) is 5.32 Å². The molecule has 150 valence electrons. The summed E-state index contributed by atoms with van der Waals surface area (Å²) in [6, 6.07) is 9.40. The summed E-state index contributed by atoms with van der Waals surface area (Å²) in [5, 5.41) is 5.89. The molecule has 1 aliphatic heterocycles. The van der Waals surface area contributed by atoms with Gasteiger partial charge in [0.25, 0.3) is 0 Å². The lowest BCUT2D eigenvalue weighted by Crippen LogP contribution is -2.42. The van der Waals surface area contributed by atoms with Gasteiger partial charge >= 0.3 is 6.18 Å². The van der Waals surface area contributed by atoms with Crippen molar-refractivity contribution in [2.45, 2.75) is 45.0 Å². The standard InChI is InChI=1S/C20H20ClF3N2OS/c1-11-4-6-13-16(10-19(2,3)27-17(13)8-11)26-18(28)25-12-5-7-15(21)14(9-12)20(22,23)24/h4-9,16H,10H2,1-3H3,(H2,25,26,28). The molecule has 1 aliphatic rings. The van der Waals surface area contributed by atoms with Crippen LogP contribution in [0.4, 0.5) is 18.9 Å². The number of rotatable bonds is 2. The molecule has 1 unspecified atom stereocenters. The van der Waals surface area contributed by atoms with Crippen molar-refractivity contribution in [3.8, 4) is 5.75 Å². The van der Waals surface area contributed by atoms with E-state index in [-0.39, 0.29) is 21.9 Å². The molecule has 8 heteroatoms. The van der Waals surface area contributed by atoms with Gasteiger partial charge in [-0.05, 0) is 62.8 Å². The first-order chi connectivity index (χ1) is 12.9. The predicted molar refractivity (Wildman–Crippen MR) is 109 cm³/mol. The molecule has 0 radical (unpaired) electrons. The third-order valence-corrected chi connectivity index (χ3v) is 5.01. The minimum atomic E-state index is -4.54. The molecule has 0 spiro atoms. The quantitative estimate of drug-likeness (QED) is 0.553. The molecule has 28 heavy (non-hydrogen) atoms. The normalized spacial score (nSPS) is 18.0. The summed E-state index contributed by atoms with van der Waals surface area (Å²) in [5.74, 6) is 0.780. The molecular weight excluding hydrogens is 409 g/mol. The number of ether oxygens (including phenoxy) is 1. The van der Waals surface area contributed by atoms with Crippen LogP contribution in [-0.2, 0) is 6.18 Å². The van der Waals surface area contributed by atoms with Crippen LogP contribution < -0.4 is 15.4 Å². The highest BCUT2D eigenvalue weighted by molar-refractivity contribution is 7.80. The Hall–Kier alpha value is -1.99. The monoisotopic (exact) mass is 428 g/mol. The van der Waals surface area contributed by atoms with Gasteiger partial charge in [-0.15, -0.1) is 0 Å². The topological polar surface area (TPSA) is 33.3 Å². The number of anilines is 1. The third-order valence-electron chi connectivity index (χ3n) is 4.46. The van der Waals surface area contributed by atoms with Crippen molar-refractivity contribution in [3.05, 3.63) is 58.1 Å². The Morgan fingerprint density at radius 1 is 1.21 bits per heavy atom. The molecule has 0 aliphatic carbocycles. The van der Waals surface area contributed by atoms with E-state index in [4.69, 9.17) is 28.6 Å². The molecule has 2 aromatic rings. The average molecular weight is 429 g/mol. The van der Waals surface area contributed by atoms with Crippen LogP contribution in [0.3, 0.4) is 0 Å². The Morgan fingerprint density at radius 2 is 1.93 bits per heavy atom. The van der Waals surface area contributed by atoms with Gasteiger partial charge in [0.2, 0.25) is 0 Å². The second-order valence-corrected chi connectivity index (χ2v) is 8.27. The Morgan fingerprint density at radius 3 is 2.61 bits per heavy atom. The van der Waals surface area contributed by atoms with Crippen molar-refractivity contribution in [2.24, 2.45) is 0 Å². The van der Waals surface area contributed by atoms with Crippen LogP contribution in [-0.4, -0.2) is 10.7 Å². The number of hydrogen-bond donors (Lipinski definition) is 2. The fourth-order valence-electron chi connectivity index (χ4n) is 3.23. The van der Waals surface area contributed by atoms with Crippen molar-refractivity contribution in [1.29, 1.82) is 0 Å². The van der Waals surface area contributed by atoms with E-state index in [1.807, 2.05) is 39.0 Å². The van der Waals surface area contributed by atoms with Gasteiger partial charge in [0.1, 0.15) is 11.4 Å². The van der Waals surface area contributed by atoms with Gasteiger partial charge in [0.05, 0.1) is 16.6 Å². The number of hydrogen-bond acceptors (Lipinski definition) is 2. The minimum absolute atomic E-state index is 0.131. The summed E-state index contributed by atoms with van der Waals surface area (Å²) in [6.07, 6.45) is -3.88. The Kier molecular flexibility index (Phi) is 5.51. The Labute approximate surface area is 172 Å². The molecule has 3 rings (SSSR count). The van der Waals surface area contributed by atoms with Gasteiger partial charge in [-0.25, -0.2) is 0 Å². The van der Waals surface area contributed by atoms with E-state index < -0.39 is 17.3 Å². The summed E-state index contributed by atoms with van der Waals surface area (Å²) >= 11 is 11.0. The van der Waals surface area contributed by atoms with E-state index in [0.29, 0.717) is 6.42 Å². The second-order valence-electron chi connectivity index (χ2n) is 7.45. The predicted octanol–water partition coefficient (Wildman–Crippen LogP) is 6.26. The van der Waals surface area contributed by atoms with E-state index in [2.05, 4.69) is 10.6 Å². The molecular formula is C20H20ClF3N2OS. The van der Waals surface area contributed by atoms with Gasteiger partial charge in [-0.2, -0.15) is 13.2 Å². The van der Waals surface area contributed by atoms with Crippen LogP contribution in [0.2, 0.25) is 5.02 Å². The van der Waals surface area contributed by atoms with Gasteiger partial charge in [0.15, 0.2) is 5.11 Å². The number of halogens is 4. The molecule has 2 N–H and O–H groups in total. The zero-order valence-corrected chi connectivity index (χ0v) is 17.1. The minimum Gasteiger partial charge on any atom is -0.487 e. The fraction of sp³-hybridized carbons (Fsp3) is 0.350. The SMILES string of the molecule is Cc1ccc2c(c1)OC(C)(C)CC2NC(=S)Nc1ccc(Cl)c(C(F)(F)F)c1. The molecule has 0 saturated heterocycles. The van der Waals surface area contributed by atoms with Crippen LogP contribution in [0.25, 0.3) is 0 Å². The smallest absolute Gasteiger partial charge is 0.417 e. The molecule has 0 bridgehead atoms. The van der Waals surface area contributed by atoms with Gasteiger partial charge < -0.3 is 15.4 Å². The maximum atomic E-state index is 13.0. The number of fused-ring (bicyclic) bond motifs is 1. The van der Waals surface area contributed by atoms with E-state index >= 15 is 0 Å². The molecule has 0 fully saturated rings. The zero-order valence-electron chi connectivity index (χ0n) is 15.6. The van der Waals surface area contributed by atoms with Crippen LogP contribution in [0.1, 0.15) is 43.0 Å².